The molecule has 0 spiro atoms. The van der Waals surface area contributed by atoms with Crippen LogP contribution in [0.15, 0.2) is 72.9 Å². The molecule has 1 N–H and O–H groups in total. The second-order valence-corrected chi connectivity index (χ2v) is 8.21. The van der Waals surface area contributed by atoms with Gasteiger partial charge in [0.05, 0.1) is 0 Å². The first kappa shape index (κ1) is 20.5. The van der Waals surface area contributed by atoms with E-state index in [0.717, 1.165) is 44.4 Å². The van der Waals surface area contributed by atoms with Gasteiger partial charge in [-0.2, -0.15) is 0 Å². The molecule has 2 aliphatic heterocycles. The van der Waals surface area contributed by atoms with Crippen molar-refractivity contribution in [1.29, 1.82) is 0 Å². The number of nitrogens with one attached hydrogen (secondary N) is 1. The van der Waals surface area contributed by atoms with E-state index in [-0.39, 0.29) is 11.9 Å². The van der Waals surface area contributed by atoms with Crippen LogP contribution in [0.3, 0.4) is 0 Å². The Bertz CT molecular complexity index is 1040. The smallest absolute Gasteiger partial charge is 0.272 e. The Morgan fingerprint density at radius 3 is 2.38 bits per heavy atom. The van der Waals surface area contributed by atoms with Crippen LogP contribution in [-0.4, -0.2) is 66.6 Å². The molecular weight excluding hydrogens is 400 g/mol. The van der Waals surface area contributed by atoms with Crippen LogP contribution in [0.2, 0.25) is 0 Å². The van der Waals surface area contributed by atoms with Crippen molar-refractivity contribution >= 4 is 17.5 Å². The Morgan fingerprint density at radius 2 is 1.59 bits per heavy atom. The van der Waals surface area contributed by atoms with Gasteiger partial charge in [-0.15, -0.1) is 0 Å². The van der Waals surface area contributed by atoms with Crippen molar-refractivity contribution in [2.45, 2.75) is 6.04 Å². The van der Waals surface area contributed by atoms with Gasteiger partial charge in [-0.1, -0.05) is 42.5 Å². The molecule has 7 heteroatoms. The lowest BCUT2D eigenvalue weighted by molar-refractivity contribution is 0.0740. The van der Waals surface area contributed by atoms with Gasteiger partial charge in [0.25, 0.3) is 5.91 Å². The Labute approximate surface area is 188 Å². The number of anilines is 2. The van der Waals surface area contributed by atoms with E-state index in [0.29, 0.717) is 18.8 Å². The second-order valence-electron chi connectivity index (χ2n) is 8.21. The van der Waals surface area contributed by atoms with Gasteiger partial charge in [0.2, 0.25) is 0 Å². The zero-order valence-electron chi connectivity index (χ0n) is 18.1. The topological polar surface area (TPSA) is 64.6 Å². The van der Waals surface area contributed by atoms with Crippen molar-refractivity contribution in [3.05, 3.63) is 84.2 Å². The Morgan fingerprint density at radius 1 is 0.812 bits per heavy atom. The normalized spacial score (nSPS) is 19.1. The van der Waals surface area contributed by atoms with Gasteiger partial charge in [-0.3, -0.25) is 4.79 Å². The minimum absolute atomic E-state index is 0.00210. The monoisotopic (exact) mass is 428 g/mol. The summed E-state index contributed by atoms with van der Waals surface area (Å²) in [5, 5.41) is 3.59. The second kappa shape index (κ2) is 9.36. The summed E-state index contributed by atoms with van der Waals surface area (Å²) >= 11 is 0. The highest BCUT2D eigenvalue weighted by Gasteiger charge is 2.25. The van der Waals surface area contributed by atoms with Crippen LogP contribution in [0.4, 0.5) is 11.6 Å². The van der Waals surface area contributed by atoms with E-state index in [1.807, 2.05) is 47.4 Å². The highest BCUT2D eigenvalue weighted by molar-refractivity contribution is 5.92. The first-order valence-corrected chi connectivity index (χ1v) is 11.2. The average molecular weight is 429 g/mol. The lowest BCUT2D eigenvalue weighted by Gasteiger charge is -2.36. The number of hydrogen-bond donors (Lipinski definition) is 1. The molecule has 2 fully saturated rings. The highest BCUT2D eigenvalue weighted by atomic mass is 16.2. The molecule has 2 saturated heterocycles. The standard InChI is InChI=1S/C25H28N6O/c32-25(30-17-15-29(16-18-30)23-10-4-5-12-27-23)21-9-6-11-24(28-21)31-14-13-26-22(19-31)20-7-2-1-3-8-20/h1-12,22,26H,13-19H2. The SMILES string of the molecule is O=C(c1cccc(N2CCNC(c3ccccc3)C2)n1)N1CCN(c2ccccn2)CC1. The Hall–Kier alpha value is -3.45. The molecule has 0 bridgehead atoms. The van der Waals surface area contributed by atoms with Crippen LogP contribution in [0, 0.1) is 0 Å². The van der Waals surface area contributed by atoms with Crippen molar-refractivity contribution in [3.8, 4) is 0 Å². The van der Waals surface area contributed by atoms with Crippen molar-refractivity contribution < 1.29 is 4.79 Å². The molecule has 1 atom stereocenters. The number of nitrogens with zero attached hydrogens (tertiary/aromatic N) is 5. The van der Waals surface area contributed by atoms with Crippen molar-refractivity contribution in [1.82, 2.24) is 20.2 Å². The van der Waals surface area contributed by atoms with Crippen LogP contribution in [0.25, 0.3) is 0 Å². The van der Waals surface area contributed by atoms with E-state index in [1.165, 1.54) is 5.56 Å². The third-order valence-electron chi connectivity index (χ3n) is 6.20. The molecule has 0 radical (unpaired) electrons. The first-order valence-electron chi connectivity index (χ1n) is 11.2. The first-order chi connectivity index (χ1) is 15.8. The number of rotatable bonds is 4. The number of piperazine rings is 2. The van der Waals surface area contributed by atoms with Crippen LogP contribution in [0.1, 0.15) is 22.1 Å². The molecule has 0 saturated carbocycles. The fraction of sp³-hybridized carbons (Fsp3) is 0.320. The number of hydrogen-bond acceptors (Lipinski definition) is 6. The van der Waals surface area contributed by atoms with Crippen molar-refractivity contribution in [2.75, 3.05) is 55.6 Å². The Balaban J connectivity index is 1.24. The van der Waals surface area contributed by atoms with E-state index < -0.39 is 0 Å². The number of benzene rings is 1. The molecule has 3 aromatic rings. The molecule has 2 aromatic heterocycles. The molecule has 7 nitrogen and oxygen atoms in total. The predicted octanol–water partition coefficient (Wildman–Crippen LogP) is 2.59. The summed E-state index contributed by atoms with van der Waals surface area (Å²) in [7, 11) is 0. The van der Waals surface area contributed by atoms with Gasteiger partial charge in [0.15, 0.2) is 0 Å². The van der Waals surface area contributed by atoms with E-state index in [2.05, 4.69) is 44.4 Å². The van der Waals surface area contributed by atoms with E-state index in [4.69, 9.17) is 4.98 Å². The number of pyridine rings is 2. The summed E-state index contributed by atoms with van der Waals surface area (Å²) in [4.78, 5) is 28.7. The molecule has 0 aliphatic carbocycles. The fourth-order valence-corrected chi connectivity index (χ4v) is 4.43. The summed E-state index contributed by atoms with van der Waals surface area (Å²) in [5.41, 5.74) is 1.79. The quantitative estimate of drug-likeness (QED) is 0.689. The number of amides is 1. The third-order valence-corrected chi connectivity index (χ3v) is 6.20. The molecular formula is C25H28N6O. The lowest BCUT2D eigenvalue weighted by Crippen LogP contribution is -2.49. The van der Waals surface area contributed by atoms with E-state index >= 15 is 0 Å². The summed E-state index contributed by atoms with van der Waals surface area (Å²) in [6.45, 7) is 5.48. The molecule has 4 heterocycles. The van der Waals surface area contributed by atoms with Crippen LogP contribution in [-0.2, 0) is 0 Å². The molecule has 164 valence electrons. The van der Waals surface area contributed by atoms with E-state index in [9.17, 15) is 4.79 Å². The summed E-state index contributed by atoms with van der Waals surface area (Å²) in [6.07, 6.45) is 1.81. The maximum absolute atomic E-state index is 13.2. The maximum Gasteiger partial charge on any atom is 0.272 e. The number of aromatic nitrogens is 2. The lowest BCUT2D eigenvalue weighted by atomic mass is 10.0. The molecule has 32 heavy (non-hydrogen) atoms. The molecule has 2 aliphatic rings. The predicted molar refractivity (Wildman–Crippen MR) is 126 cm³/mol. The molecule has 1 amide bonds. The molecule has 5 rings (SSSR count). The van der Waals surface area contributed by atoms with Crippen LogP contribution >= 0.6 is 0 Å². The maximum atomic E-state index is 13.2. The zero-order valence-corrected chi connectivity index (χ0v) is 18.1. The van der Waals surface area contributed by atoms with Gasteiger partial charge in [0, 0.05) is 58.1 Å². The van der Waals surface area contributed by atoms with E-state index in [1.54, 1.807) is 6.20 Å². The van der Waals surface area contributed by atoms with Gasteiger partial charge in [-0.05, 0) is 29.8 Å². The van der Waals surface area contributed by atoms with Gasteiger partial charge >= 0.3 is 0 Å². The molecule has 1 aromatic carbocycles. The summed E-state index contributed by atoms with van der Waals surface area (Å²) in [6, 6.07) is 22.4. The number of carbonyl (C=O) groups is 1. The Kier molecular flexibility index (Phi) is 5.98. The largest absolute Gasteiger partial charge is 0.353 e. The summed E-state index contributed by atoms with van der Waals surface area (Å²) < 4.78 is 0. The van der Waals surface area contributed by atoms with Gasteiger partial charge in [0.1, 0.15) is 17.3 Å². The van der Waals surface area contributed by atoms with Gasteiger partial charge < -0.3 is 20.0 Å². The number of carbonyl (C=O) groups excluding carboxylic acids is 1. The fourth-order valence-electron chi connectivity index (χ4n) is 4.43. The van der Waals surface area contributed by atoms with Crippen LogP contribution < -0.4 is 15.1 Å². The minimum Gasteiger partial charge on any atom is -0.353 e. The van der Waals surface area contributed by atoms with Crippen LogP contribution in [0.5, 0.6) is 0 Å². The zero-order chi connectivity index (χ0) is 21.8. The minimum atomic E-state index is 0.00210. The molecule has 1 unspecified atom stereocenters. The van der Waals surface area contributed by atoms with Crippen molar-refractivity contribution in [2.24, 2.45) is 0 Å². The third kappa shape index (κ3) is 4.43. The van der Waals surface area contributed by atoms with Crippen molar-refractivity contribution in [3.63, 3.8) is 0 Å². The van der Waals surface area contributed by atoms with Gasteiger partial charge in [-0.25, -0.2) is 9.97 Å². The summed E-state index contributed by atoms with van der Waals surface area (Å²) in [5.74, 6) is 1.83. The highest BCUT2D eigenvalue weighted by Crippen LogP contribution is 2.22. The average Bonchev–Trinajstić information content (AvgIpc) is 2.89.